The van der Waals surface area contributed by atoms with Crippen LogP contribution >= 0.6 is 0 Å². The molecule has 0 aliphatic carbocycles. The quantitative estimate of drug-likeness (QED) is 0.256. The van der Waals surface area contributed by atoms with Gasteiger partial charge in [0.05, 0.1) is 6.61 Å². The van der Waals surface area contributed by atoms with Crippen molar-refractivity contribution < 1.29 is 19.1 Å². The Morgan fingerprint density at radius 1 is 1.28 bits per heavy atom. The molecule has 0 aromatic heterocycles. The number of benzene rings is 1. The van der Waals surface area contributed by atoms with Gasteiger partial charge >= 0.3 is 0 Å². The number of amides is 1. The summed E-state index contributed by atoms with van der Waals surface area (Å²) in [6.07, 6.45) is 9.67. The molecule has 1 N–H and O–H groups in total. The van der Waals surface area contributed by atoms with Gasteiger partial charge in [0, 0.05) is 61.8 Å². The number of ether oxygens (including phenoxy) is 2. The minimum absolute atomic E-state index is 0.0242. The number of hydrogen-bond donors (Lipinski definition) is 1. The van der Waals surface area contributed by atoms with E-state index in [1.165, 1.54) is 5.56 Å². The molecule has 1 aromatic carbocycles. The molecule has 0 radical (unpaired) electrons. The number of ketones is 1. The Balaban J connectivity index is 0.000000274. The Kier molecular flexibility index (Phi) is 11.6. The van der Waals surface area contributed by atoms with Gasteiger partial charge in [0.1, 0.15) is 17.1 Å². The van der Waals surface area contributed by atoms with E-state index < -0.39 is 0 Å². The van der Waals surface area contributed by atoms with Crippen molar-refractivity contribution in [2.24, 2.45) is 17.8 Å². The monoisotopic (exact) mass is 536 g/mol. The molecule has 1 unspecified atom stereocenters. The topological polar surface area (TPSA) is 67.9 Å². The molecule has 2 atom stereocenters. The Hall–Kier alpha value is -3.28. The van der Waals surface area contributed by atoms with Crippen molar-refractivity contribution in [2.45, 2.75) is 73.3 Å². The van der Waals surface area contributed by atoms with Crippen molar-refractivity contribution in [3.8, 4) is 11.5 Å². The Morgan fingerprint density at radius 2 is 1.97 bits per heavy atom. The fourth-order valence-corrected chi connectivity index (χ4v) is 4.81. The molecule has 1 amide bonds. The van der Waals surface area contributed by atoms with Gasteiger partial charge in [0.2, 0.25) is 5.91 Å². The first kappa shape index (κ1) is 31.9. The van der Waals surface area contributed by atoms with Gasteiger partial charge < -0.3 is 19.7 Å². The van der Waals surface area contributed by atoms with Crippen LogP contribution in [0, 0.1) is 24.7 Å². The van der Waals surface area contributed by atoms with Crippen LogP contribution in [0.4, 0.5) is 0 Å². The molecular formula is C33H48N2O4. The summed E-state index contributed by atoms with van der Waals surface area (Å²) in [5.41, 5.74) is 3.99. The number of fused-ring (bicyclic) bond motifs is 1. The molecule has 2 aliphatic rings. The van der Waals surface area contributed by atoms with Crippen LogP contribution in [-0.2, 0) is 16.0 Å². The number of carbonyl (C=O) groups excluding carboxylic acids is 2. The lowest BCUT2D eigenvalue weighted by atomic mass is 9.92. The highest BCUT2D eigenvalue weighted by Gasteiger charge is 2.31. The molecule has 3 rings (SSSR count). The van der Waals surface area contributed by atoms with Crippen LogP contribution < -0.4 is 14.8 Å². The first-order valence-electron chi connectivity index (χ1n) is 14.0. The zero-order valence-electron chi connectivity index (χ0n) is 25.2. The van der Waals surface area contributed by atoms with E-state index in [0.29, 0.717) is 25.5 Å². The van der Waals surface area contributed by atoms with Crippen molar-refractivity contribution in [2.75, 3.05) is 20.2 Å². The number of aryl methyl sites for hydroxylation is 1. The van der Waals surface area contributed by atoms with Gasteiger partial charge in [-0.15, -0.1) is 0 Å². The predicted octanol–water partition coefficient (Wildman–Crippen LogP) is 6.55. The number of carbonyl (C=O) groups is 2. The first-order chi connectivity index (χ1) is 18.3. The second-order valence-corrected chi connectivity index (χ2v) is 11.5. The summed E-state index contributed by atoms with van der Waals surface area (Å²) in [5.74, 6) is 2.60. The van der Waals surface area contributed by atoms with E-state index in [2.05, 4.69) is 59.2 Å². The van der Waals surface area contributed by atoms with Crippen LogP contribution in [0.3, 0.4) is 0 Å². The highest BCUT2D eigenvalue weighted by Crippen LogP contribution is 2.39. The van der Waals surface area contributed by atoms with E-state index >= 15 is 0 Å². The van der Waals surface area contributed by atoms with Gasteiger partial charge in [-0.05, 0) is 56.4 Å². The van der Waals surface area contributed by atoms with Crippen molar-refractivity contribution in [1.82, 2.24) is 10.2 Å². The van der Waals surface area contributed by atoms with E-state index in [-0.39, 0.29) is 29.1 Å². The van der Waals surface area contributed by atoms with Gasteiger partial charge in [0.15, 0.2) is 5.78 Å². The zero-order valence-corrected chi connectivity index (χ0v) is 25.2. The van der Waals surface area contributed by atoms with Gasteiger partial charge in [-0.2, -0.15) is 0 Å². The molecule has 0 saturated carbocycles. The molecule has 39 heavy (non-hydrogen) atoms. The first-order valence-corrected chi connectivity index (χ1v) is 14.0. The number of Topliss-reactive ketones (excluding diaryl/α,β-unsaturated/α-hetero) is 1. The molecule has 0 spiro atoms. The molecule has 0 bridgehead atoms. The maximum atomic E-state index is 12.3. The average molecular weight is 537 g/mol. The third kappa shape index (κ3) is 8.87. The van der Waals surface area contributed by atoms with Crippen LogP contribution in [-0.4, -0.2) is 42.4 Å². The summed E-state index contributed by atoms with van der Waals surface area (Å²) in [7, 11) is 1.96. The lowest BCUT2D eigenvalue weighted by molar-refractivity contribution is -0.119. The van der Waals surface area contributed by atoms with Gasteiger partial charge in [0.25, 0.3) is 0 Å². The molecule has 2 aliphatic heterocycles. The van der Waals surface area contributed by atoms with Gasteiger partial charge in [-0.25, -0.2) is 0 Å². The molecule has 1 aromatic rings. The summed E-state index contributed by atoms with van der Waals surface area (Å²) in [6, 6.07) is 4.14. The van der Waals surface area contributed by atoms with Crippen LogP contribution in [0.25, 0.3) is 0 Å². The van der Waals surface area contributed by atoms with Gasteiger partial charge in [-0.1, -0.05) is 53.0 Å². The van der Waals surface area contributed by atoms with Crippen LogP contribution in [0.1, 0.15) is 65.5 Å². The normalized spacial score (nSPS) is 18.8. The van der Waals surface area contributed by atoms with Crippen LogP contribution in [0.15, 0.2) is 61.0 Å². The smallest absolute Gasteiger partial charge is 0.220 e. The second kappa shape index (κ2) is 14.2. The minimum Gasteiger partial charge on any atom is -0.493 e. The van der Waals surface area contributed by atoms with Crippen molar-refractivity contribution in [3.63, 3.8) is 0 Å². The SMILES string of the molecule is C=C/C=C\N(C)/C(=C(\C=C)C(=O)C(C)C)[C@H](C)CC.Cc1cc2c(cc1OCC1CNC(=O)C1)OC(C)(C)C2. The molecule has 6 nitrogen and oxygen atoms in total. The molecule has 1 fully saturated rings. The molecule has 214 valence electrons. The van der Waals surface area contributed by atoms with E-state index in [1.54, 1.807) is 12.2 Å². The van der Waals surface area contributed by atoms with Gasteiger partial charge in [-0.3, -0.25) is 9.59 Å². The lowest BCUT2D eigenvalue weighted by Crippen LogP contribution is -2.24. The lowest BCUT2D eigenvalue weighted by Gasteiger charge is -2.26. The number of nitrogens with zero attached hydrogens (tertiary/aromatic N) is 1. The molecule has 6 heteroatoms. The maximum absolute atomic E-state index is 12.3. The number of allylic oxidation sites excluding steroid dienone is 5. The van der Waals surface area contributed by atoms with Crippen LogP contribution in [0.2, 0.25) is 0 Å². The molecule has 1 saturated heterocycles. The number of nitrogens with one attached hydrogen (secondary N) is 1. The largest absolute Gasteiger partial charge is 0.493 e. The summed E-state index contributed by atoms with van der Waals surface area (Å²) in [6.45, 7) is 23.1. The van der Waals surface area contributed by atoms with E-state index in [0.717, 1.165) is 41.2 Å². The summed E-state index contributed by atoms with van der Waals surface area (Å²) in [5, 5.41) is 2.83. The standard InChI is InChI=1S/C17H27NO.C16H21NO3/c1-8-11-12-18(7)16(14(6)9-2)15(10-3)17(19)13(4)5;1-10-4-12-7-16(2,3)20-14(12)6-13(10)19-9-11-5-15(18)17-8-11/h8,10-14H,1,3,9H2,2,4-7H3;4,6,11H,5,7-9H2,1-3H3,(H,17,18)/b12-11-,16-15+;/t14-;/m1./s1. The van der Waals surface area contributed by atoms with Crippen LogP contribution in [0.5, 0.6) is 11.5 Å². The third-order valence-electron chi connectivity index (χ3n) is 7.07. The predicted molar refractivity (Wildman–Crippen MR) is 160 cm³/mol. The summed E-state index contributed by atoms with van der Waals surface area (Å²) in [4.78, 5) is 25.5. The summed E-state index contributed by atoms with van der Waals surface area (Å²) < 4.78 is 11.8. The highest BCUT2D eigenvalue weighted by molar-refractivity contribution is 5.99. The Labute approximate surface area is 235 Å². The van der Waals surface area contributed by atoms with Crippen molar-refractivity contribution >= 4 is 11.7 Å². The summed E-state index contributed by atoms with van der Waals surface area (Å²) >= 11 is 0. The fraction of sp³-hybridized carbons (Fsp3) is 0.515. The third-order valence-corrected chi connectivity index (χ3v) is 7.07. The highest BCUT2D eigenvalue weighted by atomic mass is 16.5. The van der Waals surface area contributed by atoms with E-state index in [9.17, 15) is 9.59 Å². The Bertz CT molecular complexity index is 1110. The fourth-order valence-electron chi connectivity index (χ4n) is 4.81. The second-order valence-electron chi connectivity index (χ2n) is 11.5. The zero-order chi connectivity index (χ0) is 29.3. The van der Waals surface area contributed by atoms with E-state index in [4.69, 9.17) is 9.47 Å². The number of rotatable bonds is 11. The maximum Gasteiger partial charge on any atom is 0.220 e. The van der Waals surface area contributed by atoms with E-state index in [1.807, 2.05) is 44.1 Å². The van der Waals surface area contributed by atoms with Crippen molar-refractivity contribution in [1.29, 1.82) is 0 Å². The number of hydrogen-bond acceptors (Lipinski definition) is 5. The Morgan fingerprint density at radius 3 is 2.51 bits per heavy atom. The molecule has 2 heterocycles. The van der Waals surface area contributed by atoms with Crippen molar-refractivity contribution in [3.05, 3.63) is 72.1 Å². The molecular weight excluding hydrogens is 488 g/mol. The minimum atomic E-state index is -0.130. The average Bonchev–Trinajstić information content (AvgIpc) is 3.43.